The Morgan fingerprint density at radius 3 is 1.86 bits per heavy atom. The molecule has 0 nitrogen and oxygen atoms in total. The predicted octanol–water partition coefficient (Wildman–Crippen LogP) is 2.82. The third-order valence-corrected chi connectivity index (χ3v) is 0.493. The van der Waals surface area contributed by atoms with E-state index in [4.69, 9.17) is 0 Å². The van der Waals surface area contributed by atoms with Crippen LogP contribution in [0.4, 0.5) is 0 Å². The van der Waals surface area contributed by atoms with Crippen molar-refractivity contribution in [2.75, 3.05) is 0 Å². The maximum Gasteiger partial charge on any atom is -0.0356 e. The standard InChI is InChI=1S/C5H10.2ClH/c1-3-5-4-2;;/h3H,1,4-5H2,2H3;2*1H. The fourth-order valence-corrected chi connectivity index (χ4v) is 0.204. The van der Waals surface area contributed by atoms with Gasteiger partial charge in [0.1, 0.15) is 0 Å². The van der Waals surface area contributed by atoms with Crippen LogP contribution in [0.1, 0.15) is 19.8 Å². The van der Waals surface area contributed by atoms with E-state index in [1.807, 2.05) is 6.08 Å². The molecule has 0 heterocycles. The molecular formula is C5H12Cl2. The first-order valence-corrected chi connectivity index (χ1v) is 2.02. The predicted molar refractivity (Wildman–Crippen MR) is 39.6 cm³/mol. The van der Waals surface area contributed by atoms with Crippen LogP contribution in [0.15, 0.2) is 12.7 Å². The lowest BCUT2D eigenvalue weighted by Crippen LogP contribution is -1.52. The topological polar surface area (TPSA) is 0 Å². The van der Waals surface area contributed by atoms with Gasteiger partial charge in [0.25, 0.3) is 0 Å². The van der Waals surface area contributed by atoms with Crippen LogP contribution in [0.25, 0.3) is 0 Å². The van der Waals surface area contributed by atoms with Gasteiger partial charge in [-0.1, -0.05) is 19.4 Å². The maximum absolute atomic E-state index is 3.55. The molecule has 7 heavy (non-hydrogen) atoms. The van der Waals surface area contributed by atoms with Crippen molar-refractivity contribution < 1.29 is 0 Å². The molecule has 0 N–H and O–H groups in total. The molecule has 0 fully saturated rings. The minimum absolute atomic E-state index is 0. The summed E-state index contributed by atoms with van der Waals surface area (Å²) in [5, 5.41) is 0. The number of hydrogen-bond acceptors (Lipinski definition) is 0. The molecule has 0 unspecified atom stereocenters. The van der Waals surface area contributed by atoms with Crippen molar-refractivity contribution in [2.45, 2.75) is 19.8 Å². The van der Waals surface area contributed by atoms with Crippen LogP contribution in [-0.2, 0) is 0 Å². The molecule has 0 bridgehead atoms. The molecule has 0 rings (SSSR count). The average Bonchev–Trinajstić information content (AvgIpc) is 1.41. The second-order valence-corrected chi connectivity index (χ2v) is 1.08. The van der Waals surface area contributed by atoms with Gasteiger partial charge in [-0.15, -0.1) is 31.4 Å². The third kappa shape index (κ3) is 21.9. The van der Waals surface area contributed by atoms with Crippen molar-refractivity contribution in [3.63, 3.8) is 0 Å². The van der Waals surface area contributed by atoms with Gasteiger partial charge in [-0.2, -0.15) is 0 Å². The maximum atomic E-state index is 3.55. The molecular weight excluding hydrogens is 131 g/mol. The lowest BCUT2D eigenvalue weighted by molar-refractivity contribution is 0.961. The lowest BCUT2D eigenvalue weighted by Gasteiger charge is -1.72. The number of unbranched alkanes of at least 4 members (excludes halogenated alkanes) is 1. The minimum Gasteiger partial charge on any atom is -0.147 e. The molecule has 0 aromatic heterocycles. The smallest absolute Gasteiger partial charge is 0.0356 e. The van der Waals surface area contributed by atoms with Crippen molar-refractivity contribution in [3.8, 4) is 0 Å². The van der Waals surface area contributed by atoms with Crippen LogP contribution in [0, 0.1) is 0 Å². The number of allylic oxidation sites excluding steroid dienone is 1. The van der Waals surface area contributed by atoms with Crippen LogP contribution in [-0.4, -0.2) is 0 Å². The van der Waals surface area contributed by atoms with Crippen LogP contribution >= 0.6 is 24.8 Å². The number of halogens is 2. The molecule has 0 saturated carbocycles. The monoisotopic (exact) mass is 142 g/mol. The van der Waals surface area contributed by atoms with Crippen molar-refractivity contribution in [2.24, 2.45) is 0 Å². The van der Waals surface area contributed by atoms with Gasteiger partial charge in [0.05, 0.1) is 0 Å². The Labute approximate surface area is 57.8 Å². The van der Waals surface area contributed by atoms with E-state index in [2.05, 4.69) is 13.5 Å². The van der Waals surface area contributed by atoms with E-state index in [0.717, 1.165) is 6.42 Å². The molecule has 2 heteroatoms. The summed E-state index contributed by atoms with van der Waals surface area (Å²) in [6, 6.07) is 0. The lowest BCUT2D eigenvalue weighted by atomic mass is 10.3. The molecule has 0 aromatic carbocycles. The molecule has 0 radical (unpaired) electrons. The van der Waals surface area contributed by atoms with E-state index in [9.17, 15) is 0 Å². The summed E-state index contributed by atoms with van der Waals surface area (Å²) >= 11 is 0. The van der Waals surface area contributed by atoms with E-state index in [0.29, 0.717) is 0 Å². The summed E-state index contributed by atoms with van der Waals surface area (Å²) < 4.78 is 0. The summed E-state index contributed by atoms with van der Waals surface area (Å²) in [6.45, 7) is 5.69. The average molecular weight is 143 g/mol. The van der Waals surface area contributed by atoms with Gasteiger partial charge in [0, 0.05) is 0 Å². The van der Waals surface area contributed by atoms with Crippen molar-refractivity contribution in [1.82, 2.24) is 0 Å². The highest BCUT2D eigenvalue weighted by molar-refractivity contribution is 5.85. The van der Waals surface area contributed by atoms with E-state index in [-0.39, 0.29) is 24.8 Å². The quantitative estimate of drug-likeness (QED) is 0.521. The van der Waals surface area contributed by atoms with Gasteiger partial charge in [0.15, 0.2) is 0 Å². The second kappa shape index (κ2) is 16.2. The summed E-state index contributed by atoms with van der Waals surface area (Å²) in [5.41, 5.74) is 0. The number of hydrogen-bond donors (Lipinski definition) is 0. The Hall–Kier alpha value is 0.320. The summed E-state index contributed by atoms with van der Waals surface area (Å²) in [4.78, 5) is 0. The summed E-state index contributed by atoms with van der Waals surface area (Å²) in [6.07, 6.45) is 4.31. The Morgan fingerprint density at radius 1 is 1.43 bits per heavy atom. The van der Waals surface area contributed by atoms with Crippen LogP contribution in [0.2, 0.25) is 0 Å². The van der Waals surface area contributed by atoms with Crippen molar-refractivity contribution in [3.05, 3.63) is 12.7 Å². The molecule has 0 saturated heterocycles. The molecule has 46 valence electrons. The molecule has 0 aliphatic carbocycles. The molecule has 0 aliphatic rings. The second-order valence-electron chi connectivity index (χ2n) is 1.08. The number of rotatable bonds is 2. The minimum atomic E-state index is 0. The molecule has 0 aliphatic heterocycles. The Balaban J connectivity index is -0.0000000800. The Kier molecular flexibility index (Phi) is 36.3. The first-order valence-electron chi connectivity index (χ1n) is 2.02. The van der Waals surface area contributed by atoms with E-state index >= 15 is 0 Å². The highest BCUT2D eigenvalue weighted by Gasteiger charge is 1.61. The van der Waals surface area contributed by atoms with Crippen molar-refractivity contribution >= 4 is 24.8 Å². The van der Waals surface area contributed by atoms with Gasteiger partial charge in [0.2, 0.25) is 0 Å². The summed E-state index contributed by atoms with van der Waals surface area (Å²) in [5.74, 6) is 0. The first-order chi connectivity index (χ1) is 2.41. The highest BCUT2D eigenvalue weighted by Crippen LogP contribution is 1.82. The van der Waals surface area contributed by atoms with E-state index in [1.54, 1.807) is 0 Å². The van der Waals surface area contributed by atoms with Gasteiger partial charge in [-0.25, -0.2) is 0 Å². The molecule has 0 atom stereocenters. The largest absolute Gasteiger partial charge is 0.147 e. The third-order valence-electron chi connectivity index (χ3n) is 0.493. The zero-order valence-corrected chi connectivity index (χ0v) is 6.15. The van der Waals surface area contributed by atoms with Gasteiger partial charge >= 0.3 is 0 Å². The fraction of sp³-hybridized carbons (Fsp3) is 0.600. The molecule has 0 amide bonds. The molecule has 0 spiro atoms. The van der Waals surface area contributed by atoms with E-state index < -0.39 is 0 Å². The zero-order chi connectivity index (χ0) is 4.12. The Bertz CT molecular complexity index is 27.3. The normalized spacial score (nSPS) is 5.29. The Morgan fingerprint density at radius 2 is 1.86 bits per heavy atom. The van der Waals surface area contributed by atoms with Crippen LogP contribution < -0.4 is 0 Å². The molecule has 0 aromatic rings. The van der Waals surface area contributed by atoms with Crippen LogP contribution in [0.5, 0.6) is 0 Å². The zero-order valence-electron chi connectivity index (χ0n) is 4.52. The van der Waals surface area contributed by atoms with Crippen LogP contribution in [0.3, 0.4) is 0 Å². The summed E-state index contributed by atoms with van der Waals surface area (Å²) in [7, 11) is 0. The van der Waals surface area contributed by atoms with Gasteiger partial charge < -0.3 is 0 Å². The van der Waals surface area contributed by atoms with Crippen molar-refractivity contribution in [1.29, 1.82) is 0 Å². The van der Waals surface area contributed by atoms with Gasteiger partial charge in [-0.3, -0.25) is 0 Å². The first kappa shape index (κ1) is 15.7. The van der Waals surface area contributed by atoms with E-state index in [1.165, 1.54) is 6.42 Å². The highest BCUT2D eigenvalue weighted by atomic mass is 35.5. The fourth-order valence-electron chi connectivity index (χ4n) is 0.204. The SMILES string of the molecule is C=CCCC.Cl.Cl. The van der Waals surface area contributed by atoms with Gasteiger partial charge in [-0.05, 0) is 6.42 Å².